The van der Waals surface area contributed by atoms with Crippen molar-refractivity contribution in [3.05, 3.63) is 91.1 Å². The molecule has 0 unspecified atom stereocenters. The zero-order valence-corrected chi connectivity index (χ0v) is 18.6. The molecule has 1 aliphatic rings. The van der Waals surface area contributed by atoms with Crippen LogP contribution < -0.4 is 15.7 Å². The number of rotatable bonds is 13. The van der Waals surface area contributed by atoms with E-state index in [9.17, 15) is 0 Å². The Hall–Kier alpha value is -3.38. The van der Waals surface area contributed by atoms with E-state index in [0.717, 1.165) is 74.1 Å². The summed E-state index contributed by atoms with van der Waals surface area (Å²) in [5.74, 6) is 0.643. The highest BCUT2D eigenvalue weighted by Crippen LogP contribution is 2.29. The molecule has 0 radical (unpaired) electrons. The maximum absolute atomic E-state index is 8.73. The topological polar surface area (TPSA) is 73.3 Å². The zero-order valence-electron chi connectivity index (χ0n) is 18.6. The van der Waals surface area contributed by atoms with Crippen molar-refractivity contribution in [1.29, 1.82) is 0 Å². The Bertz CT molecular complexity index is 934. The van der Waals surface area contributed by atoms with Gasteiger partial charge in [-0.3, -0.25) is 15.6 Å². The van der Waals surface area contributed by atoms with E-state index in [0.29, 0.717) is 11.6 Å². The van der Waals surface area contributed by atoms with Gasteiger partial charge in [0.2, 0.25) is 5.95 Å². The predicted octanol–water partition coefficient (Wildman–Crippen LogP) is 5.85. The summed E-state index contributed by atoms with van der Waals surface area (Å²) in [6.45, 7) is 8.71. The molecule has 0 spiro atoms. The van der Waals surface area contributed by atoms with E-state index in [4.69, 9.17) is 5.21 Å². The van der Waals surface area contributed by atoms with Crippen LogP contribution in [-0.2, 0) is 0 Å². The molecule has 2 aromatic rings. The van der Waals surface area contributed by atoms with Crippen molar-refractivity contribution in [2.45, 2.75) is 44.9 Å². The smallest absolute Gasteiger partial charge is 0.234 e. The average Bonchev–Trinajstić information content (AvgIpc) is 2.85. The summed E-state index contributed by atoms with van der Waals surface area (Å²) >= 11 is 0. The van der Waals surface area contributed by atoms with Gasteiger partial charge >= 0.3 is 0 Å². The normalized spacial score (nSPS) is 12.7. The molecule has 168 valence electrons. The van der Waals surface area contributed by atoms with Crippen molar-refractivity contribution in [2.75, 3.05) is 11.4 Å². The van der Waals surface area contributed by atoms with E-state index in [2.05, 4.69) is 69.2 Å². The molecule has 0 aliphatic heterocycles. The molecule has 3 N–H and O–H groups in total. The van der Waals surface area contributed by atoms with Crippen molar-refractivity contribution in [3.8, 4) is 0 Å². The molecular formula is C26H33N5O. The van der Waals surface area contributed by atoms with Gasteiger partial charge in [0.1, 0.15) is 0 Å². The number of hydroxylamine groups is 1. The van der Waals surface area contributed by atoms with Crippen molar-refractivity contribution in [2.24, 2.45) is 0 Å². The number of hydrogen-bond acceptors (Lipinski definition) is 6. The first-order chi connectivity index (χ1) is 15.7. The van der Waals surface area contributed by atoms with Crippen LogP contribution >= 0.6 is 0 Å². The van der Waals surface area contributed by atoms with Crippen LogP contribution in [0, 0.1) is 0 Å². The number of benzene rings is 1. The second-order valence-electron chi connectivity index (χ2n) is 7.84. The van der Waals surface area contributed by atoms with Gasteiger partial charge in [0, 0.05) is 47.3 Å². The fourth-order valence-corrected chi connectivity index (χ4v) is 3.53. The molecule has 6 heteroatoms. The molecule has 0 saturated heterocycles. The van der Waals surface area contributed by atoms with Crippen LogP contribution in [0.15, 0.2) is 85.5 Å². The molecule has 0 bridgehead atoms. The highest BCUT2D eigenvalue weighted by Gasteiger charge is 2.16. The molecule has 3 rings (SSSR count). The fourth-order valence-electron chi connectivity index (χ4n) is 3.53. The third-order valence-corrected chi connectivity index (χ3v) is 5.34. The summed E-state index contributed by atoms with van der Waals surface area (Å²) in [5.41, 5.74) is 6.61. The van der Waals surface area contributed by atoms with E-state index < -0.39 is 0 Å². The lowest BCUT2D eigenvalue weighted by atomic mass is 10.1. The Morgan fingerprint density at radius 2 is 1.75 bits per heavy atom. The number of unbranched alkanes of at least 4 members (excludes halogenated alkanes) is 3. The average molecular weight is 432 g/mol. The first-order valence-corrected chi connectivity index (χ1v) is 11.2. The van der Waals surface area contributed by atoms with Gasteiger partial charge < -0.3 is 5.32 Å². The second-order valence-corrected chi connectivity index (χ2v) is 7.84. The van der Waals surface area contributed by atoms with E-state index in [1.54, 1.807) is 0 Å². The minimum Gasteiger partial charge on any atom is -0.385 e. The molecule has 6 nitrogen and oxygen atoms in total. The Morgan fingerprint density at radius 1 is 1.00 bits per heavy atom. The number of nitrogens with one attached hydrogen (secondary N) is 2. The SMILES string of the molecule is C=C(CCCCCCNC(=C)c1cnc(N(C2=CCCC=C2)c2ccccc2)nc1)NO. The van der Waals surface area contributed by atoms with Crippen molar-refractivity contribution < 1.29 is 5.21 Å². The third kappa shape index (κ3) is 6.82. The molecule has 0 amide bonds. The molecule has 0 fully saturated rings. The van der Waals surface area contributed by atoms with Crippen LogP contribution in [0.4, 0.5) is 11.6 Å². The summed E-state index contributed by atoms with van der Waals surface area (Å²) in [4.78, 5) is 11.4. The number of para-hydroxylation sites is 1. The van der Waals surface area contributed by atoms with E-state index >= 15 is 0 Å². The fraction of sp³-hybridized carbons (Fsp3) is 0.308. The monoisotopic (exact) mass is 431 g/mol. The standard InChI is InChI=1S/C26H33N5O/c1-21(30-32)13-7-3-4-12-18-27-22(2)23-19-28-26(29-20-23)31(24-14-8-5-9-15-24)25-16-10-6-11-17-25/h5,8-10,14-17,19-20,27,30,32H,1-4,6-7,11-13,18H2. The summed E-state index contributed by atoms with van der Waals surface area (Å²) in [6, 6.07) is 10.2. The largest absolute Gasteiger partial charge is 0.385 e. The summed E-state index contributed by atoms with van der Waals surface area (Å²) in [5, 5.41) is 12.1. The van der Waals surface area contributed by atoms with Crippen LogP contribution in [0.1, 0.15) is 50.5 Å². The second kappa shape index (κ2) is 12.5. The summed E-state index contributed by atoms with van der Waals surface area (Å²) < 4.78 is 0. The van der Waals surface area contributed by atoms with Gasteiger partial charge in [-0.15, -0.1) is 0 Å². The van der Waals surface area contributed by atoms with Crippen molar-refractivity contribution >= 4 is 17.3 Å². The molecule has 1 aromatic heterocycles. The molecule has 32 heavy (non-hydrogen) atoms. The lowest BCUT2D eigenvalue weighted by Crippen LogP contribution is -2.19. The van der Waals surface area contributed by atoms with E-state index in [1.807, 2.05) is 30.6 Å². The Morgan fingerprint density at radius 3 is 2.44 bits per heavy atom. The minimum atomic E-state index is 0.643. The van der Waals surface area contributed by atoms with Crippen LogP contribution in [0.3, 0.4) is 0 Å². The number of allylic oxidation sites excluding steroid dienone is 4. The quantitative estimate of drug-likeness (QED) is 0.273. The summed E-state index contributed by atoms with van der Waals surface area (Å²) in [7, 11) is 0. The highest BCUT2D eigenvalue weighted by molar-refractivity contribution is 5.66. The number of nitrogens with zero attached hydrogens (tertiary/aromatic N) is 3. The Balaban J connectivity index is 1.55. The first-order valence-electron chi connectivity index (χ1n) is 11.2. The van der Waals surface area contributed by atoms with E-state index in [-0.39, 0.29) is 0 Å². The van der Waals surface area contributed by atoms with Crippen LogP contribution in [-0.4, -0.2) is 21.7 Å². The van der Waals surface area contributed by atoms with Gasteiger partial charge in [-0.1, -0.05) is 56.4 Å². The van der Waals surface area contributed by atoms with Gasteiger partial charge in [0.15, 0.2) is 0 Å². The van der Waals surface area contributed by atoms with Gasteiger partial charge in [0.05, 0.1) is 0 Å². The lowest BCUT2D eigenvalue weighted by Gasteiger charge is -2.25. The van der Waals surface area contributed by atoms with Crippen molar-refractivity contribution in [1.82, 2.24) is 20.8 Å². The molecule has 0 saturated carbocycles. The highest BCUT2D eigenvalue weighted by atomic mass is 16.5. The molecule has 0 atom stereocenters. The molecule has 1 aromatic carbocycles. The predicted molar refractivity (Wildman–Crippen MR) is 131 cm³/mol. The van der Waals surface area contributed by atoms with Crippen molar-refractivity contribution in [3.63, 3.8) is 0 Å². The van der Waals surface area contributed by atoms with Crippen LogP contribution in [0.5, 0.6) is 0 Å². The number of aromatic nitrogens is 2. The van der Waals surface area contributed by atoms with Gasteiger partial charge in [-0.05, 0) is 50.3 Å². The minimum absolute atomic E-state index is 0.643. The van der Waals surface area contributed by atoms with Crippen LogP contribution in [0.25, 0.3) is 5.70 Å². The van der Waals surface area contributed by atoms with Gasteiger partial charge in [-0.25, -0.2) is 9.97 Å². The molecule has 1 aliphatic carbocycles. The van der Waals surface area contributed by atoms with Gasteiger partial charge in [-0.2, -0.15) is 0 Å². The summed E-state index contributed by atoms with van der Waals surface area (Å²) in [6.07, 6.45) is 17.4. The number of hydrogen-bond donors (Lipinski definition) is 3. The third-order valence-electron chi connectivity index (χ3n) is 5.34. The first kappa shape index (κ1) is 23.3. The lowest BCUT2D eigenvalue weighted by molar-refractivity contribution is 0.196. The van der Waals surface area contributed by atoms with E-state index in [1.165, 1.54) is 0 Å². The number of anilines is 2. The Labute approximate surface area is 191 Å². The molecule has 1 heterocycles. The van der Waals surface area contributed by atoms with Crippen LogP contribution in [0.2, 0.25) is 0 Å². The van der Waals surface area contributed by atoms with Gasteiger partial charge in [0.25, 0.3) is 0 Å². The Kier molecular flexibility index (Phi) is 9.07. The zero-order chi connectivity index (χ0) is 22.6. The maximum atomic E-state index is 8.73. The molecular weight excluding hydrogens is 398 g/mol. The maximum Gasteiger partial charge on any atom is 0.234 e.